The quantitative estimate of drug-likeness (QED) is 0.195. The van der Waals surface area contributed by atoms with Crippen LogP contribution in [0.15, 0.2) is 42.5 Å². The van der Waals surface area contributed by atoms with Gasteiger partial charge >= 0.3 is 12.0 Å². The van der Waals surface area contributed by atoms with Gasteiger partial charge in [0, 0.05) is 26.0 Å². The Morgan fingerprint density at radius 2 is 1.54 bits per heavy atom. The van der Waals surface area contributed by atoms with E-state index >= 15 is 0 Å². The van der Waals surface area contributed by atoms with Crippen molar-refractivity contribution >= 4 is 12.0 Å². The summed E-state index contributed by atoms with van der Waals surface area (Å²) in [4.78, 5) is 29.4. The predicted octanol–water partition coefficient (Wildman–Crippen LogP) is 6.67. The highest BCUT2D eigenvalue weighted by atomic mass is 16.6. The Bertz CT molecular complexity index is 1240. The Labute approximate surface area is 274 Å². The number of carbonyl (C=O) groups is 2. The van der Waals surface area contributed by atoms with Gasteiger partial charge in [0.05, 0.1) is 49.7 Å². The van der Waals surface area contributed by atoms with Crippen molar-refractivity contribution in [2.45, 2.75) is 111 Å². The van der Waals surface area contributed by atoms with Crippen molar-refractivity contribution in [2.24, 2.45) is 0 Å². The average Bonchev–Trinajstić information content (AvgIpc) is 2.97. The molecule has 10 nitrogen and oxygen atoms in total. The molecule has 1 unspecified atom stereocenters. The first-order valence-electron chi connectivity index (χ1n) is 16.5. The van der Waals surface area contributed by atoms with Gasteiger partial charge in [0.15, 0.2) is 0 Å². The number of ether oxygens (including phenoxy) is 5. The van der Waals surface area contributed by atoms with E-state index in [1.807, 2.05) is 97.9 Å². The highest BCUT2D eigenvalue weighted by Gasteiger charge is 2.54. The van der Waals surface area contributed by atoms with E-state index in [1.54, 1.807) is 11.8 Å². The molecule has 1 saturated carbocycles. The molecular weight excluding hydrogens is 588 g/mol. The molecule has 2 aromatic rings. The smallest absolute Gasteiger partial charge is 0.332 e. The van der Waals surface area contributed by atoms with E-state index in [-0.39, 0.29) is 25.4 Å². The van der Waals surface area contributed by atoms with Crippen molar-refractivity contribution in [3.05, 3.63) is 59.2 Å². The third-order valence-electron chi connectivity index (χ3n) is 8.01. The number of benzene rings is 2. The van der Waals surface area contributed by atoms with Gasteiger partial charge in [-0.3, -0.25) is 0 Å². The standard InChI is InChI=1S/C36H54N2O8/c1-10-42-29-22-36(23-29,33(40)46-35(7,8)9)37-34(41)38(18-19-45-26(6)27-16-14-13-15-17-27)24(4)28-20-30(43-11-2)32(25(5)39)31(21-28)44-12-3/h13-17,20-21,24-26,29,39H,10-12,18-19,22-23H2,1-9H3,(H,37,41)/t24-,25?,26+,29-,36-/m1/s1. The molecular formula is C36H54N2O8. The van der Waals surface area contributed by atoms with Gasteiger partial charge < -0.3 is 39.0 Å². The number of urea groups is 1. The molecule has 3 rings (SSSR count). The van der Waals surface area contributed by atoms with Gasteiger partial charge in [0.1, 0.15) is 22.6 Å². The molecule has 0 radical (unpaired) electrons. The van der Waals surface area contributed by atoms with E-state index in [1.165, 1.54) is 0 Å². The van der Waals surface area contributed by atoms with Crippen molar-refractivity contribution in [2.75, 3.05) is 33.0 Å². The van der Waals surface area contributed by atoms with Crippen LogP contribution in [0.5, 0.6) is 11.5 Å². The zero-order valence-corrected chi connectivity index (χ0v) is 29.1. The summed E-state index contributed by atoms with van der Waals surface area (Å²) in [7, 11) is 0. The third kappa shape index (κ3) is 9.59. The topological polar surface area (TPSA) is 116 Å². The number of hydrogen-bond acceptors (Lipinski definition) is 8. The number of aliphatic hydroxyl groups is 1. The van der Waals surface area contributed by atoms with Gasteiger partial charge in [-0.05, 0) is 85.6 Å². The van der Waals surface area contributed by atoms with E-state index < -0.39 is 35.3 Å². The van der Waals surface area contributed by atoms with E-state index in [0.29, 0.717) is 49.7 Å². The van der Waals surface area contributed by atoms with Crippen molar-refractivity contribution in [3.8, 4) is 11.5 Å². The molecule has 2 amide bonds. The molecule has 46 heavy (non-hydrogen) atoms. The number of hydrogen-bond donors (Lipinski definition) is 2. The predicted molar refractivity (Wildman–Crippen MR) is 177 cm³/mol. The van der Waals surface area contributed by atoms with Crippen LogP contribution in [0, 0.1) is 0 Å². The van der Waals surface area contributed by atoms with Crippen LogP contribution in [-0.4, -0.2) is 72.2 Å². The minimum atomic E-state index is -1.22. The number of nitrogens with zero attached hydrogens (tertiary/aromatic N) is 1. The van der Waals surface area contributed by atoms with Crippen LogP contribution >= 0.6 is 0 Å². The summed E-state index contributed by atoms with van der Waals surface area (Å²) >= 11 is 0. The Morgan fingerprint density at radius 1 is 0.957 bits per heavy atom. The fourth-order valence-electron chi connectivity index (χ4n) is 5.67. The van der Waals surface area contributed by atoms with Crippen molar-refractivity contribution in [3.63, 3.8) is 0 Å². The lowest BCUT2D eigenvalue weighted by Crippen LogP contribution is -2.67. The maximum absolute atomic E-state index is 14.3. The first-order valence-corrected chi connectivity index (χ1v) is 16.5. The van der Waals surface area contributed by atoms with Crippen LogP contribution in [0.4, 0.5) is 4.79 Å². The van der Waals surface area contributed by atoms with Crippen LogP contribution < -0.4 is 14.8 Å². The lowest BCUT2D eigenvalue weighted by Gasteiger charge is -2.47. The monoisotopic (exact) mass is 642 g/mol. The van der Waals surface area contributed by atoms with Crippen LogP contribution in [-0.2, 0) is 19.0 Å². The lowest BCUT2D eigenvalue weighted by molar-refractivity contribution is -0.174. The van der Waals surface area contributed by atoms with Gasteiger partial charge in [-0.15, -0.1) is 0 Å². The molecule has 0 heterocycles. The van der Waals surface area contributed by atoms with Crippen molar-refractivity contribution in [1.29, 1.82) is 0 Å². The minimum absolute atomic E-state index is 0.158. The maximum atomic E-state index is 14.3. The zero-order valence-electron chi connectivity index (χ0n) is 29.1. The SMILES string of the molecule is CCOc1cc([C@@H](C)N(CCO[C@@H](C)c2ccccc2)C(=O)N[C@]2(C(=O)OC(C)(C)C)C[C@@H](OCC)C2)cc(OCC)c1C(C)O. The Hall–Kier alpha value is -3.34. The Morgan fingerprint density at radius 3 is 2.04 bits per heavy atom. The summed E-state index contributed by atoms with van der Waals surface area (Å²) in [5.74, 6) is 0.496. The first kappa shape index (κ1) is 37.1. The van der Waals surface area contributed by atoms with Gasteiger partial charge in [0.25, 0.3) is 0 Å². The van der Waals surface area contributed by atoms with Crippen LogP contribution in [0.1, 0.15) is 110 Å². The zero-order chi connectivity index (χ0) is 34.1. The normalized spacial score (nSPS) is 19.7. The molecule has 0 aliphatic heterocycles. The summed E-state index contributed by atoms with van der Waals surface area (Å²) in [5.41, 5.74) is 0.384. The number of esters is 1. The van der Waals surface area contributed by atoms with Crippen LogP contribution in [0.25, 0.3) is 0 Å². The van der Waals surface area contributed by atoms with Gasteiger partial charge in [-0.1, -0.05) is 30.3 Å². The summed E-state index contributed by atoms with van der Waals surface area (Å²) in [6.45, 7) is 18.4. The number of nitrogens with one attached hydrogen (secondary N) is 1. The number of amides is 2. The van der Waals surface area contributed by atoms with Crippen molar-refractivity contribution < 1.29 is 38.4 Å². The van der Waals surface area contributed by atoms with Crippen molar-refractivity contribution in [1.82, 2.24) is 10.2 Å². The Kier molecular flexibility index (Phi) is 13.3. The maximum Gasteiger partial charge on any atom is 0.332 e. The van der Waals surface area contributed by atoms with Gasteiger partial charge in [0.2, 0.25) is 0 Å². The molecule has 10 heteroatoms. The molecule has 3 atom stereocenters. The van der Waals surface area contributed by atoms with E-state index in [0.717, 1.165) is 11.1 Å². The van der Waals surface area contributed by atoms with Crippen LogP contribution in [0.2, 0.25) is 0 Å². The van der Waals surface area contributed by atoms with Crippen LogP contribution in [0.3, 0.4) is 0 Å². The first-order chi connectivity index (χ1) is 21.7. The largest absolute Gasteiger partial charge is 0.493 e. The third-order valence-corrected chi connectivity index (χ3v) is 8.01. The summed E-state index contributed by atoms with van der Waals surface area (Å²) < 4.78 is 29.6. The summed E-state index contributed by atoms with van der Waals surface area (Å²) in [5, 5.41) is 13.6. The molecule has 0 saturated heterocycles. The average molecular weight is 643 g/mol. The highest BCUT2D eigenvalue weighted by molar-refractivity contribution is 5.89. The van der Waals surface area contributed by atoms with E-state index in [9.17, 15) is 14.7 Å². The minimum Gasteiger partial charge on any atom is -0.493 e. The lowest BCUT2D eigenvalue weighted by atomic mass is 9.74. The molecule has 256 valence electrons. The number of carbonyl (C=O) groups excluding carboxylic acids is 2. The fourth-order valence-corrected chi connectivity index (χ4v) is 5.67. The van der Waals surface area contributed by atoms with Gasteiger partial charge in [-0.2, -0.15) is 0 Å². The van der Waals surface area contributed by atoms with E-state index in [4.69, 9.17) is 23.7 Å². The molecule has 1 aliphatic carbocycles. The molecule has 1 fully saturated rings. The van der Waals surface area contributed by atoms with E-state index in [2.05, 4.69) is 5.32 Å². The molecule has 1 aliphatic rings. The second-order valence-electron chi connectivity index (χ2n) is 12.8. The summed E-state index contributed by atoms with van der Waals surface area (Å²) in [6.07, 6.45) is -0.540. The molecule has 0 aromatic heterocycles. The van der Waals surface area contributed by atoms with Gasteiger partial charge in [-0.25, -0.2) is 9.59 Å². The fraction of sp³-hybridized carbons (Fsp3) is 0.611. The second kappa shape index (κ2) is 16.5. The second-order valence-corrected chi connectivity index (χ2v) is 12.8. The Balaban J connectivity index is 1.97. The molecule has 0 bridgehead atoms. The number of rotatable bonds is 16. The molecule has 2 aromatic carbocycles. The summed E-state index contributed by atoms with van der Waals surface area (Å²) in [6, 6.07) is 12.6. The molecule has 0 spiro atoms. The number of aliphatic hydroxyl groups excluding tert-OH is 1. The highest BCUT2D eigenvalue weighted by Crippen LogP contribution is 2.40. The molecule has 2 N–H and O–H groups in total.